The first-order valence-electron chi connectivity index (χ1n) is 11.5. The van der Waals surface area contributed by atoms with Gasteiger partial charge in [-0.25, -0.2) is 8.42 Å². The first kappa shape index (κ1) is 23.0. The van der Waals surface area contributed by atoms with Crippen molar-refractivity contribution in [2.45, 2.75) is 50.9 Å². The van der Waals surface area contributed by atoms with E-state index in [1.165, 1.54) is 5.56 Å². The lowest BCUT2D eigenvalue weighted by molar-refractivity contribution is -0.126. The predicted octanol–water partition coefficient (Wildman–Crippen LogP) is 2.85. The second-order valence-electron chi connectivity index (χ2n) is 8.91. The lowest BCUT2D eigenvalue weighted by Crippen LogP contribution is -2.50. The summed E-state index contributed by atoms with van der Waals surface area (Å²) in [4.78, 5) is 14.7. The number of piperidine rings is 1. The fraction of sp³-hybridized carbons (Fsp3) is 0.542. The van der Waals surface area contributed by atoms with Crippen LogP contribution < -0.4 is 10.0 Å². The van der Waals surface area contributed by atoms with Crippen LogP contribution in [-0.4, -0.2) is 45.0 Å². The van der Waals surface area contributed by atoms with Crippen molar-refractivity contribution in [2.24, 2.45) is 11.8 Å². The minimum absolute atomic E-state index is 0.0337. The summed E-state index contributed by atoms with van der Waals surface area (Å²) in [7, 11) is -3.45. The van der Waals surface area contributed by atoms with E-state index in [2.05, 4.69) is 21.9 Å². The van der Waals surface area contributed by atoms with Crippen LogP contribution in [0.15, 0.2) is 47.1 Å². The van der Waals surface area contributed by atoms with Gasteiger partial charge in [-0.1, -0.05) is 38.1 Å². The lowest BCUT2D eigenvalue weighted by Gasteiger charge is -2.36. The van der Waals surface area contributed by atoms with Crippen molar-refractivity contribution >= 4 is 15.9 Å². The quantitative estimate of drug-likeness (QED) is 0.664. The first-order valence-corrected chi connectivity index (χ1v) is 13.1. The normalized spacial score (nSPS) is 26.2. The molecule has 2 aliphatic heterocycles. The topological polar surface area (TPSA) is 91.7 Å². The maximum atomic E-state index is 13.0. The number of benzene rings is 1. The van der Waals surface area contributed by atoms with E-state index in [1.807, 2.05) is 43.3 Å². The molecule has 0 bridgehead atoms. The van der Waals surface area contributed by atoms with Crippen molar-refractivity contribution in [3.05, 3.63) is 59.5 Å². The maximum Gasteiger partial charge on any atom is 0.223 e. The van der Waals surface area contributed by atoms with E-state index in [0.717, 1.165) is 30.6 Å². The van der Waals surface area contributed by atoms with Crippen molar-refractivity contribution in [1.82, 2.24) is 14.9 Å². The standard InChI is InChI=1S/C24H33N3O4S/c1-3-18-6-8-19(9-7-18)22-17(2)23(26-32(22,29)30)27-14-11-20(12-15-27)24(28)25-13-10-21-5-4-16-31-21/h4-9,16-17,20,22-23,26H,3,10-15H2,1-2H3,(H,25,28). The predicted molar refractivity (Wildman–Crippen MR) is 123 cm³/mol. The van der Waals surface area contributed by atoms with Crippen LogP contribution in [0, 0.1) is 11.8 Å². The van der Waals surface area contributed by atoms with Gasteiger partial charge in [-0.15, -0.1) is 0 Å². The van der Waals surface area contributed by atoms with Crippen LogP contribution in [0.25, 0.3) is 0 Å². The number of likely N-dealkylation sites (tertiary alicyclic amines) is 1. The molecule has 0 aliphatic carbocycles. The molecule has 8 heteroatoms. The van der Waals surface area contributed by atoms with Crippen LogP contribution in [0.1, 0.15) is 48.8 Å². The summed E-state index contributed by atoms with van der Waals surface area (Å²) in [6.07, 6.45) is 4.47. The number of furan rings is 1. The van der Waals surface area contributed by atoms with Crippen molar-refractivity contribution in [3.8, 4) is 0 Å². The molecule has 1 aromatic carbocycles. The number of hydrogen-bond donors (Lipinski definition) is 2. The highest BCUT2D eigenvalue weighted by Crippen LogP contribution is 2.39. The van der Waals surface area contributed by atoms with Gasteiger partial charge in [-0.2, -0.15) is 4.72 Å². The molecular weight excluding hydrogens is 426 g/mol. The molecule has 0 spiro atoms. The first-order chi connectivity index (χ1) is 15.4. The number of hydrogen-bond acceptors (Lipinski definition) is 5. The highest BCUT2D eigenvalue weighted by atomic mass is 32.2. The summed E-state index contributed by atoms with van der Waals surface area (Å²) < 4.78 is 34.1. The molecule has 2 aromatic rings. The van der Waals surface area contributed by atoms with Gasteiger partial charge in [-0.05, 0) is 42.5 Å². The molecule has 1 amide bonds. The van der Waals surface area contributed by atoms with Gasteiger partial charge in [-0.3, -0.25) is 9.69 Å². The largest absolute Gasteiger partial charge is 0.469 e. The third-order valence-electron chi connectivity index (χ3n) is 6.86. The van der Waals surface area contributed by atoms with Gasteiger partial charge in [0, 0.05) is 37.9 Å². The number of nitrogens with one attached hydrogen (secondary N) is 2. The molecule has 3 unspecified atom stereocenters. The number of carbonyl (C=O) groups is 1. The zero-order valence-corrected chi connectivity index (χ0v) is 19.6. The molecule has 2 aliphatic rings. The van der Waals surface area contributed by atoms with E-state index in [4.69, 9.17) is 4.42 Å². The smallest absolute Gasteiger partial charge is 0.223 e. The Kier molecular flexibility index (Phi) is 7.02. The molecule has 7 nitrogen and oxygen atoms in total. The van der Waals surface area contributed by atoms with Gasteiger partial charge in [0.15, 0.2) is 0 Å². The van der Waals surface area contributed by atoms with Gasteiger partial charge in [0.1, 0.15) is 11.0 Å². The van der Waals surface area contributed by atoms with Crippen LogP contribution in [0.5, 0.6) is 0 Å². The van der Waals surface area contributed by atoms with Crippen LogP contribution in [0.2, 0.25) is 0 Å². The highest BCUT2D eigenvalue weighted by molar-refractivity contribution is 7.90. The number of rotatable bonds is 7. The lowest BCUT2D eigenvalue weighted by atomic mass is 9.92. The van der Waals surface area contributed by atoms with E-state index < -0.39 is 15.3 Å². The van der Waals surface area contributed by atoms with Gasteiger partial charge in [0.2, 0.25) is 15.9 Å². The zero-order valence-electron chi connectivity index (χ0n) is 18.8. The fourth-order valence-electron chi connectivity index (χ4n) is 4.98. The van der Waals surface area contributed by atoms with Crippen LogP contribution >= 0.6 is 0 Å². The van der Waals surface area contributed by atoms with E-state index in [9.17, 15) is 13.2 Å². The molecule has 0 radical (unpaired) electrons. The SMILES string of the molecule is CCc1ccc(C2C(C)C(N3CCC(C(=O)NCCc4ccco4)CC3)NS2(=O)=O)cc1. The molecule has 32 heavy (non-hydrogen) atoms. The number of carbonyl (C=O) groups excluding carboxylic acids is 1. The Morgan fingerprint density at radius 2 is 1.91 bits per heavy atom. The van der Waals surface area contributed by atoms with E-state index >= 15 is 0 Å². The number of amides is 1. The van der Waals surface area contributed by atoms with Crippen molar-refractivity contribution in [3.63, 3.8) is 0 Å². The van der Waals surface area contributed by atoms with Crippen molar-refractivity contribution < 1.29 is 17.6 Å². The summed E-state index contributed by atoms with van der Waals surface area (Å²) in [5, 5.41) is 2.45. The summed E-state index contributed by atoms with van der Waals surface area (Å²) in [5.41, 5.74) is 2.04. The van der Waals surface area contributed by atoms with Crippen LogP contribution in [-0.2, 0) is 27.7 Å². The Hall–Kier alpha value is -2.16. The van der Waals surface area contributed by atoms with Gasteiger partial charge >= 0.3 is 0 Å². The second kappa shape index (κ2) is 9.77. The molecule has 0 saturated carbocycles. The Balaban J connectivity index is 1.32. The Morgan fingerprint density at radius 3 is 2.53 bits per heavy atom. The fourth-order valence-corrected chi connectivity index (χ4v) is 7.05. The molecule has 2 N–H and O–H groups in total. The van der Waals surface area contributed by atoms with Crippen LogP contribution in [0.4, 0.5) is 0 Å². The van der Waals surface area contributed by atoms with Crippen LogP contribution in [0.3, 0.4) is 0 Å². The minimum Gasteiger partial charge on any atom is -0.469 e. The minimum atomic E-state index is -3.45. The molecular formula is C24H33N3O4S. The molecule has 2 fully saturated rings. The van der Waals surface area contributed by atoms with E-state index in [1.54, 1.807) is 6.26 Å². The zero-order chi connectivity index (χ0) is 22.7. The summed E-state index contributed by atoms with van der Waals surface area (Å²) in [6.45, 7) is 6.06. The summed E-state index contributed by atoms with van der Waals surface area (Å²) in [5.74, 6) is 0.825. The Morgan fingerprint density at radius 1 is 1.19 bits per heavy atom. The van der Waals surface area contributed by atoms with Gasteiger partial charge in [0.25, 0.3) is 0 Å². The van der Waals surface area contributed by atoms with Gasteiger partial charge < -0.3 is 9.73 Å². The highest BCUT2D eigenvalue weighted by Gasteiger charge is 2.48. The maximum absolute atomic E-state index is 13.0. The Bertz CT molecular complexity index is 996. The average molecular weight is 460 g/mol. The number of aryl methyl sites for hydroxylation is 1. The third-order valence-corrected chi connectivity index (χ3v) is 8.80. The molecule has 1 aromatic heterocycles. The Labute approximate surface area is 190 Å². The monoisotopic (exact) mass is 459 g/mol. The number of sulfonamides is 1. The molecule has 174 valence electrons. The van der Waals surface area contributed by atoms with E-state index in [0.29, 0.717) is 26.1 Å². The van der Waals surface area contributed by atoms with Crippen molar-refractivity contribution in [2.75, 3.05) is 19.6 Å². The second-order valence-corrected chi connectivity index (χ2v) is 10.7. The van der Waals surface area contributed by atoms with Crippen molar-refractivity contribution in [1.29, 1.82) is 0 Å². The van der Waals surface area contributed by atoms with Gasteiger partial charge in [0.05, 0.1) is 12.4 Å². The molecule has 3 heterocycles. The van der Waals surface area contributed by atoms with E-state index in [-0.39, 0.29) is 23.9 Å². The average Bonchev–Trinajstić information content (AvgIpc) is 3.39. The summed E-state index contributed by atoms with van der Waals surface area (Å²) in [6, 6.07) is 11.7. The number of nitrogens with zero attached hydrogens (tertiary/aromatic N) is 1. The third kappa shape index (κ3) is 4.92. The molecule has 4 rings (SSSR count). The summed E-state index contributed by atoms with van der Waals surface area (Å²) >= 11 is 0. The molecule has 2 saturated heterocycles. The molecule has 3 atom stereocenters.